The summed E-state index contributed by atoms with van der Waals surface area (Å²) in [7, 11) is 0. The number of halogens is 1. The maximum Gasteiger partial charge on any atom is 0.244 e. The largest absolute Gasteiger partial charge is 0.354 e. The molecule has 1 heterocycles. The summed E-state index contributed by atoms with van der Waals surface area (Å²) in [6.45, 7) is 3.19. The van der Waals surface area contributed by atoms with Crippen LogP contribution in [-0.2, 0) is 10.3 Å². The molecule has 1 aromatic rings. The highest BCUT2D eigenvalue weighted by Gasteiger charge is 2.35. The van der Waals surface area contributed by atoms with Crippen LogP contribution >= 0.6 is 0 Å². The van der Waals surface area contributed by atoms with Gasteiger partial charge in [0.25, 0.3) is 0 Å². The number of carbonyl (C=O) groups excluding carboxylic acids is 1. The number of rotatable bonds is 1. The van der Waals surface area contributed by atoms with Crippen LogP contribution in [0.2, 0.25) is 0 Å². The molecule has 1 atom stereocenters. The first-order valence-electron chi connectivity index (χ1n) is 5.42. The molecule has 1 amide bonds. The Balaban J connectivity index is 2.38. The highest BCUT2D eigenvalue weighted by Crippen LogP contribution is 2.22. The van der Waals surface area contributed by atoms with Crippen molar-refractivity contribution < 1.29 is 9.18 Å². The molecule has 1 aromatic carbocycles. The molecule has 0 aliphatic carbocycles. The van der Waals surface area contributed by atoms with E-state index in [-0.39, 0.29) is 11.7 Å². The van der Waals surface area contributed by atoms with Gasteiger partial charge in [-0.2, -0.15) is 0 Å². The number of nitrogens with one attached hydrogen (secondary N) is 2. The summed E-state index contributed by atoms with van der Waals surface area (Å²) in [6, 6.07) is 6.16. The molecule has 0 aromatic heterocycles. The molecular formula is C12H15FN2O. The van der Waals surface area contributed by atoms with Crippen LogP contribution in [0.15, 0.2) is 24.3 Å². The number of amides is 1. The summed E-state index contributed by atoms with van der Waals surface area (Å²) >= 11 is 0. The third kappa shape index (κ3) is 1.93. The van der Waals surface area contributed by atoms with E-state index in [2.05, 4.69) is 10.6 Å². The zero-order valence-corrected chi connectivity index (χ0v) is 9.22. The third-order valence-electron chi connectivity index (χ3n) is 2.97. The molecular weight excluding hydrogens is 207 g/mol. The first-order chi connectivity index (χ1) is 7.63. The minimum Gasteiger partial charge on any atom is -0.354 e. The number of carbonyl (C=O) groups is 1. The van der Waals surface area contributed by atoms with Gasteiger partial charge in [-0.1, -0.05) is 12.1 Å². The molecule has 2 rings (SSSR count). The Morgan fingerprint density at radius 3 is 2.94 bits per heavy atom. The minimum atomic E-state index is -0.835. The Hall–Kier alpha value is -1.42. The van der Waals surface area contributed by atoms with Crippen molar-refractivity contribution in [3.05, 3.63) is 35.6 Å². The third-order valence-corrected chi connectivity index (χ3v) is 2.97. The van der Waals surface area contributed by atoms with Gasteiger partial charge in [0.05, 0.1) is 0 Å². The fourth-order valence-corrected chi connectivity index (χ4v) is 1.92. The van der Waals surface area contributed by atoms with Crippen molar-refractivity contribution in [1.29, 1.82) is 0 Å². The zero-order valence-electron chi connectivity index (χ0n) is 9.22. The van der Waals surface area contributed by atoms with Crippen LogP contribution in [-0.4, -0.2) is 19.0 Å². The molecule has 1 unspecified atom stereocenters. The second-order valence-electron chi connectivity index (χ2n) is 4.17. The van der Waals surface area contributed by atoms with Gasteiger partial charge in [0.1, 0.15) is 11.4 Å². The van der Waals surface area contributed by atoms with Gasteiger partial charge in [0.2, 0.25) is 5.91 Å². The molecule has 4 heteroatoms. The quantitative estimate of drug-likeness (QED) is 0.748. The average molecular weight is 222 g/mol. The SMILES string of the molecule is CC1(c2cccc(F)c2)NCCCNC1=O. The molecule has 1 saturated heterocycles. The molecule has 3 nitrogen and oxygen atoms in total. The van der Waals surface area contributed by atoms with Gasteiger partial charge >= 0.3 is 0 Å². The lowest BCUT2D eigenvalue weighted by Crippen LogP contribution is -2.50. The van der Waals surface area contributed by atoms with E-state index >= 15 is 0 Å². The highest BCUT2D eigenvalue weighted by atomic mass is 19.1. The van der Waals surface area contributed by atoms with E-state index < -0.39 is 5.54 Å². The molecule has 0 saturated carbocycles. The predicted octanol–water partition coefficient (Wildman–Crippen LogP) is 1.15. The van der Waals surface area contributed by atoms with Crippen molar-refractivity contribution in [1.82, 2.24) is 10.6 Å². The molecule has 1 fully saturated rings. The number of benzene rings is 1. The van der Waals surface area contributed by atoms with E-state index in [1.807, 2.05) is 0 Å². The maximum atomic E-state index is 13.2. The summed E-state index contributed by atoms with van der Waals surface area (Å²) < 4.78 is 13.2. The van der Waals surface area contributed by atoms with Crippen LogP contribution < -0.4 is 10.6 Å². The summed E-state index contributed by atoms with van der Waals surface area (Å²) in [5.74, 6) is -0.423. The van der Waals surface area contributed by atoms with E-state index in [4.69, 9.17) is 0 Å². The maximum absolute atomic E-state index is 13.2. The zero-order chi connectivity index (χ0) is 11.6. The normalized spacial score (nSPS) is 26.0. The first-order valence-corrected chi connectivity index (χ1v) is 5.42. The van der Waals surface area contributed by atoms with Crippen LogP contribution in [0.1, 0.15) is 18.9 Å². The molecule has 16 heavy (non-hydrogen) atoms. The second-order valence-corrected chi connectivity index (χ2v) is 4.17. The minimum absolute atomic E-state index is 0.101. The van der Waals surface area contributed by atoms with Crippen molar-refractivity contribution in [2.45, 2.75) is 18.9 Å². The van der Waals surface area contributed by atoms with Crippen LogP contribution in [0.25, 0.3) is 0 Å². The van der Waals surface area contributed by atoms with Gasteiger partial charge in [-0.05, 0) is 37.6 Å². The van der Waals surface area contributed by atoms with Crippen molar-refractivity contribution in [2.75, 3.05) is 13.1 Å². The lowest BCUT2D eigenvalue weighted by molar-refractivity contribution is -0.126. The van der Waals surface area contributed by atoms with Gasteiger partial charge in [-0.25, -0.2) is 4.39 Å². The monoisotopic (exact) mass is 222 g/mol. The summed E-state index contributed by atoms with van der Waals surface area (Å²) in [6.07, 6.45) is 0.886. The van der Waals surface area contributed by atoms with Crippen molar-refractivity contribution >= 4 is 5.91 Å². The second kappa shape index (κ2) is 4.22. The Morgan fingerprint density at radius 1 is 1.38 bits per heavy atom. The van der Waals surface area contributed by atoms with E-state index in [0.717, 1.165) is 13.0 Å². The Morgan fingerprint density at radius 2 is 2.19 bits per heavy atom. The van der Waals surface area contributed by atoms with Crippen molar-refractivity contribution in [3.63, 3.8) is 0 Å². The molecule has 0 spiro atoms. The summed E-state index contributed by atoms with van der Waals surface area (Å²) in [5.41, 5.74) is -0.176. The highest BCUT2D eigenvalue weighted by molar-refractivity contribution is 5.87. The van der Waals surface area contributed by atoms with Gasteiger partial charge in [-0.15, -0.1) is 0 Å². The standard InChI is InChI=1S/C12H15FN2O/c1-12(9-4-2-5-10(13)8-9)11(16)14-6-3-7-15-12/h2,4-5,8,15H,3,6-7H2,1H3,(H,14,16). The van der Waals surface area contributed by atoms with Crippen molar-refractivity contribution in [2.24, 2.45) is 0 Å². The topological polar surface area (TPSA) is 41.1 Å². The lowest BCUT2D eigenvalue weighted by Gasteiger charge is -2.27. The van der Waals surface area contributed by atoms with Crippen LogP contribution in [0.5, 0.6) is 0 Å². The molecule has 0 radical (unpaired) electrons. The molecule has 2 N–H and O–H groups in total. The fourth-order valence-electron chi connectivity index (χ4n) is 1.92. The fraction of sp³-hybridized carbons (Fsp3) is 0.417. The summed E-state index contributed by atoms with van der Waals surface area (Å²) in [5, 5.41) is 6.00. The van der Waals surface area contributed by atoms with E-state index in [0.29, 0.717) is 12.1 Å². The Kier molecular flexibility index (Phi) is 2.92. The molecule has 1 aliphatic rings. The van der Waals surface area contributed by atoms with E-state index in [1.54, 1.807) is 19.1 Å². The average Bonchev–Trinajstić information content (AvgIpc) is 2.43. The molecule has 0 bridgehead atoms. The van der Waals surface area contributed by atoms with Gasteiger partial charge < -0.3 is 5.32 Å². The lowest BCUT2D eigenvalue weighted by atomic mass is 9.91. The first kappa shape index (κ1) is 11.1. The number of hydrogen-bond acceptors (Lipinski definition) is 2. The summed E-state index contributed by atoms with van der Waals surface area (Å²) in [4.78, 5) is 12.0. The smallest absolute Gasteiger partial charge is 0.244 e. The van der Waals surface area contributed by atoms with Crippen LogP contribution in [0, 0.1) is 5.82 Å². The molecule has 1 aliphatic heterocycles. The van der Waals surface area contributed by atoms with Gasteiger partial charge in [0.15, 0.2) is 0 Å². The number of hydrogen-bond donors (Lipinski definition) is 2. The predicted molar refractivity (Wildman–Crippen MR) is 59.4 cm³/mol. The van der Waals surface area contributed by atoms with Gasteiger partial charge in [0, 0.05) is 6.54 Å². The molecule has 86 valence electrons. The van der Waals surface area contributed by atoms with E-state index in [9.17, 15) is 9.18 Å². The van der Waals surface area contributed by atoms with Crippen molar-refractivity contribution in [3.8, 4) is 0 Å². The Bertz CT molecular complexity index is 408. The van der Waals surface area contributed by atoms with Crippen LogP contribution in [0.3, 0.4) is 0 Å². The Labute approximate surface area is 94.0 Å². The van der Waals surface area contributed by atoms with E-state index in [1.165, 1.54) is 12.1 Å². The van der Waals surface area contributed by atoms with Gasteiger partial charge in [-0.3, -0.25) is 10.1 Å². The van der Waals surface area contributed by atoms with Crippen LogP contribution in [0.4, 0.5) is 4.39 Å².